The monoisotopic (exact) mass is 268 g/mol. The molecule has 2 N–H and O–H groups in total. The van der Waals surface area contributed by atoms with Crippen LogP contribution in [0.4, 0.5) is 0 Å². The fraction of sp³-hybridized carbons (Fsp3) is 0.933. The number of fused-ring (bicyclic) bond motifs is 1. The zero-order valence-electron chi connectivity index (χ0n) is 12.7. The molecule has 2 rings (SSSR count). The van der Waals surface area contributed by atoms with E-state index in [1.807, 2.05) is 0 Å². The molecule has 1 aliphatic heterocycles. The Hall–Kier alpha value is -0.610. The van der Waals surface area contributed by atoms with Crippen molar-refractivity contribution >= 4 is 5.91 Å². The summed E-state index contributed by atoms with van der Waals surface area (Å²) in [6.07, 6.45) is 2.74. The van der Waals surface area contributed by atoms with Gasteiger partial charge in [0.1, 0.15) is 0 Å². The van der Waals surface area contributed by atoms with Gasteiger partial charge in [-0.25, -0.2) is 0 Å². The number of nitrogens with one attached hydrogen (secondary N) is 2. The highest BCUT2D eigenvalue weighted by Crippen LogP contribution is 2.51. The number of carbonyl (C=O) groups is 1. The summed E-state index contributed by atoms with van der Waals surface area (Å²) in [6, 6.07) is 0.405. The van der Waals surface area contributed by atoms with Crippen LogP contribution in [0.3, 0.4) is 0 Å². The largest absolute Gasteiger partial charge is 0.377 e. The van der Waals surface area contributed by atoms with E-state index in [-0.39, 0.29) is 11.3 Å². The number of hydrogen-bond donors (Lipinski definition) is 2. The van der Waals surface area contributed by atoms with Gasteiger partial charge in [-0.2, -0.15) is 0 Å². The maximum atomic E-state index is 11.8. The second kappa shape index (κ2) is 5.80. The fourth-order valence-electron chi connectivity index (χ4n) is 3.52. The van der Waals surface area contributed by atoms with Gasteiger partial charge in [0.15, 0.2) is 0 Å². The lowest BCUT2D eigenvalue weighted by Gasteiger charge is -2.60. The molecule has 0 bridgehead atoms. The first-order valence-electron chi connectivity index (χ1n) is 7.54. The van der Waals surface area contributed by atoms with Crippen molar-refractivity contribution in [1.29, 1.82) is 0 Å². The molecule has 19 heavy (non-hydrogen) atoms. The first kappa shape index (κ1) is 14.8. The zero-order valence-corrected chi connectivity index (χ0v) is 12.7. The summed E-state index contributed by atoms with van der Waals surface area (Å²) in [6.45, 7) is 10.8. The van der Waals surface area contributed by atoms with Gasteiger partial charge in [-0.3, -0.25) is 4.79 Å². The van der Waals surface area contributed by atoms with E-state index in [0.29, 0.717) is 30.5 Å². The Balaban J connectivity index is 1.78. The van der Waals surface area contributed by atoms with Gasteiger partial charge in [0, 0.05) is 30.5 Å². The molecule has 110 valence electrons. The Labute approximate surface area is 116 Å². The third-order valence-corrected chi connectivity index (χ3v) is 4.52. The lowest BCUT2D eigenvalue weighted by Crippen LogP contribution is -2.69. The smallest absolute Gasteiger partial charge is 0.233 e. The van der Waals surface area contributed by atoms with Crippen molar-refractivity contribution in [2.75, 3.05) is 19.7 Å². The van der Waals surface area contributed by atoms with E-state index in [1.54, 1.807) is 0 Å². The summed E-state index contributed by atoms with van der Waals surface area (Å²) in [5, 5.41) is 6.39. The van der Waals surface area contributed by atoms with Crippen LogP contribution in [0, 0.1) is 17.3 Å². The average molecular weight is 268 g/mol. The summed E-state index contributed by atoms with van der Waals surface area (Å²) in [4.78, 5) is 11.8. The van der Waals surface area contributed by atoms with Gasteiger partial charge in [0.2, 0.25) is 5.91 Å². The van der Waals surface area contributed by atoms with Crippen LogP contribution < -0.4 is 10.6 Å². The highest BCUT2D eigenvalue weighted by Gasteiger charge is 2.57. The van der Waals surface area contributed by atoms with Crippen LogP contribution >= 0.6 is 0 Å². The number of rotatable bonds is 5. The SMILES string of the molecule is CC(C)CNC(=O)CNC1C2CCCOC2C1(C)C. The normalized spacial score (nSPS) is 32.6. The van der Waals surface area contributed by atoms with Gasteiger partial charge < -0.3 is 15.4 Å². The van der Waals surface area contributed by atoms with Gasteiger partial charge in [0.25, 0.3) is 0 Å². The van der Waals surface area contributed by atoms with E-state index in [2.05, 4.69) is 38.3 Å². The van der Waals surface area contributed by atoms with E-state index >= 15 is 0 Å². The zero-order chi connectivity index (χ0) is 14.0. The number of amides is 1. The average Bonchev–Trinajstić information content (AvgIpc) is 2.36. The van der Waals surface area contributed by atoms with Gasteiger partial charge in [-0.1, -0.05) is 27.7 Å². The number of ether oxygens (including phenoxy) is 1. The number of carbonyl (C=O) groups excluding carboxylic acids is 1. The summed E-state index contributed by atoms with van der Waals surface area (Å²) in [5.74, 6) is 1.19. The molecule has 2 fully saturated rings. The lowest BCUT2D eigenvalue weighted by molar-refractivity contribution is -0.192. The second-order valence-corrected chi connectivity index (χ2v) is 6.98. The van der Waals surface area contributed by atoms with Crippen molar-refractivity contribution in [3.63, 3.8) is 0 Å². The minimum atomic E-state index is 0.102. The standard InChI is InChI=1S/C15H28N2O2/c1-10(2)8-16-12(18)9-17-13-11-6-5-7-19-14(11)15(13,3)4/h10-11,13-14,17H,5-9H2,1-4H3,(H,16,18). The van der Waals surface area contributed by atoms with Crippen LogP contribution in [-0.2, 0) is 9.53 Å². The minimum absolute atomic E-state index is 0.102. The van der Waals surface area contributed by atoms with Gasteiger partial charge in [-0.15, -0.1) is 0 Å². The molecule has 4 heteroatoms. The van der Waals surface area contributed by atoms with Crippen molar-refractivity contribution in [2.45, 2.75) is 52.7 Å². The van der Waals surface area contributed by atoms with Crippen LogP contribution in [0.1, 0.15) is 40.5 Å². The molecular formula is C15H28N2O2. The molecule has 0 radical (unpaired) electrons. The molecule has 2 aliphatic rings. The summed E-state index contributed by atoms with van der Waals surface area (Å²) >= 11 is 0. The first-order chi connectivity index (χ1) is 8.93. The van der Waals surface area contributed by atoms with Crippen molar-refractivity contribution < 1.29 is 9.53 Å². The predicted octanol–water partition coefficient (Wildman–Crippen LogP) is 1.55. The molecule has 1 saturated heterocycles. The fourth-order valence-corrected chi connectivity index (χ4v) is 3.52. The van der Waals surface area contributed by atoms with Crippen LogP contribution in [0.15, 0.2) is 0 Å². The van der Waals surface area contributed by atoms with E-state index < -0.39 is 0 Å². The second-order valence-electron chi connectivity index (χ2n) is 6.98. The molecule has 0 spiro atoms. The van der Waals surface area contributed by atoms with Crippen LogP contribution in [0.5, 0.6) is 0 Å². The van der Waals surface area contributed by atoms with Crippen molar-refractivity contribution in [2.24, 2.45) is 17.3 Å². The molecule has 1 amide bonds. The molecule has 0 aromatic heterocycles. The van der Waals surface area contributed by atoms with Gasteiger partial charge >= 0.3 is 0 Å². The van der Waals surface area contributed by atoms with Crippen molar-refractivity contribution in [1.82, 2.24) is 10.6 Å². The highest BCUT2D eigenvalue weighted by atomic mass is 16.5. The highest BCUT2D eigenvalue weighted by molar-refractivity contribution is 5.78. The Morgan fingerprint density at radius 1 is 1.42 bits per heavy atom. The molecule has 4 nitrogen and oxygen atoms in total. The van der Waals surface area contributed by atoms with Crippen molar-refractivity contribution in [3.05, 3.63) is 0 Å². The molecule has 1 saturated carbocycles. The third-order valence-electron chi connectivity index (χ3n) is 4.52. The summed E-state index contributed by atoms with van der Waals surface area (Å²) in [5.41, 5.74) is 0.142. The van der Waals surface area contributed by atoms with E-state index in [1.165, 1.54) is 6.42 Å². The molecule has 0 aromatic carbocycles. The molecule has 3 unspecified atom stereocenters. The van der Waals surface area contributed by atoms with Crippen LogP contribution in [-0.4, -0.2) is 37.7 Å². The Kier molecular flexibility index (Phi) is 4.51. The Morgan fingerprint density at radius 2 is 2.16 bits per heavy atom. The van der Waals surface area contributed by atoms with E-state index in [9.17, 15) is 4.79 Å². The molecule has 1 heterocycles. The molecular weight excluding hydrogens is 240 g/mol. The van der Waals surface area contributed by atoms with E-state index in [0.717, 1.165) is 19.6 Å². The van der Waals surface area contributed by atoms with Crippen molar-refractivity contribution in [3.8, 4) is 0 Å². The molecule has 3 atom stereocenters. The maximum Gasteiger partial charge on any atom is 0.233 e. The van der Waals surface area contributed by atoms with E-state index in [4.69, 9.17) is 4.74 Å². The third kappa shape index (κ3) is 3.11. The molecule has 1 aliphatic carbocycles. The Morgan fingerprint density at radius 3 is 2.84 bits per heavy atom. The lowest BCUT2D eigenvalue weighted by atomic mass is 9.55. The maximum absolute atomic E-state index is 11.8. The summed E-state index contributed by atoms with van der Waals surface area (Å²) < 4.78 is 5.87. The van der Waals surface area contributed by atoms with Crippen LogP contribution in [0.25, 0.3) is 0 Å². The van der Waals surface area contributed by atoms with Crippen LogP contribution in [0.2, 0.25) is 0 Å². The summed E-state index contributed by atoms with van der Waals surface area (Å²) in [7, 11) is 0. The quantitative estimate of drug-likeness (QED) is 0.795. The Bertz CT molecular complexity index is 328. The molecule has 0 aromatic rings. The first-order valence-corrected chi connectivity index (χ1v) is 7.54. The van der Waals surface area contributed by atoms with Gasteiger partial charge in [-0.05, 0) is 18.8 Å². The predicted molar refractivity (Wildman–Crippen MR) is 75.9 cm³/mol. The number of hydrogen-bond acceptors (Lipinski definition) is 3. The topological polar surface area (TPSA) is 50.4 Å². The van der Waals surface area contributed by atoms with Gasteiger partial charge in [0.05, 0.1) is 12.6 Å². The minimum Gasteiger partial charge on any atom is -0.377 e.